The van der Waals surface area contributed by atoms with Gasteiger partial charge < -0.3 is 19.7 Å². The van der Waals surface area contributed by atoms with Gasteiger partial charge in [-0.05, 0) is 47.9 Å². The summed E-state index contributed by atoms with van der Waals surface area (Å²) in [5.74, 6) is 0.546. The van der Waals surface area contributed by atoms with Gasteiger partial charge in [0.2, 0.25) is 5.91 Å². The normalized spacial score (nSPS) is 11.5. The molecule has 3 aromatic carbocycles. The lowest BCUT2D eigenvalue weighted by Gasteiger charge is -2.31. The number of benzene rings is 3. The summed E-state index contributed by atoms with van der Waals surface area (Å²) < 4.78 is 12.0. The fraction of sp³-hybridized carbons (Fsp3) is 0.310. The van der Waals surface area contributed by atoms with E-state index in [-0.39, 0.29) is 25.0 Å². The molecule has 0 radical (unpaired) electrons. The van der Waals surface area contributed by atoms with Crippen molar-refractivity contribution >= 4 is 39.3 Å². The molecule has 8 heteroatoms. The Morgan fingerprint density at radius 2 is 1.78 bits per heavy atom. The molecule has 3 aromatic rings. The third kappa shape index (κ3) is 8.79. The van der Waals surface area contributed by atoms with E-state index in [1.54, 1.807) is 30.2 Å². The molecular formula is C29H32BrClN2O4. The minimum Gasteiger partial charge on any atom is -0.497 e. The van der Waals surface area contributed by atoms with E-state index in [4.69, 9.17) is 21.1 Å². The van der Waals surface area contributed by atoms with E-state index in [2.05, 4.69) is 28.2 Å². The molecule has 0 fully saturated rings. The number of amides is 2. The number of rotatable bonds is 13. The van der Waals surface area contributed by atoms with Crippen molar-refractivity contribution in [1.29, 1.82) is 0 Å². The summed E-state index contributed by atoms with van der Waals surface area (Å²) in [5, 5.41) is 3.40. The molecule has 0 heterocycles. The van der Waals surface area contributed by atoms with Crippen molar-refractivity contribution in [3.05, 3.63) is 93.4 Å². The van der Waals surface area contributed by atoms with Crippen molar-refractivity contribution < 1.29 is 19.1 Å². The number of ether oxygens (including phenoxy) is 2. The monoisotopic (exact) mass is 586 g/mol. The second-order valence-electron chi connectivity index (χ2n) is 8.59. The van der Waals surface area contributed by atoms with Gasteiger partial charge in [-0.2, -0.15) is 0 Å². The average Bonchev–Trinajstić information content (AvgIpc) is 2.90. The SMILES string of the molecule is CCCCNC(=O)[C@H](Cc1ccccc1)N(Cc1cccc(OC)c1)C(=O)COc1ccc(Br)cc1Cl. The van der Waals surface area contributed by atoms with Crippen molar-refractivity contribution in [2.75, 3.05) is 20.3 Å². The molecule has 37 heavy (non-hydrogen) atoms. The standard InChI is InChI=1S/C29H32BrClN2O4/c1-3-4-15-32-29(35)26(17-21-9-6-5-7-10-21)33(19-22-11-8-12-24(16-22)36-2)28(34)20-37-27-14-13-23(30)18-25(27)31/h5-14,16,18,26H,3-4,15,17,19-20H2,1-2H3,(H,32,35)/t26-/m0/s1. The van der Waals surface area contributed by atoms with Crippen LogP contribution in [0.25, 0.3) is 0 Å². The molecule has 0 unspecified atom stereocenters. The van der Waals surface area contributed by atoms with Gasteiger partial charge in [-0.25, -0.2) is 0 Å². The number of carbonyl (C=O) groups excluding carboxylic acids is 2. The molecule has 6 nitrogen and oxygen atoms in total. The molecule has 0 spiro atoms. The van der Waals surface area contributed by atoms with Crippen LogP contribution in [0, 0.1) is 0 Å². The molecule has 0 aliphatic heterocycles. The van der Waals surface area contributed by atoms with E-state index in [0.29, 0.717) is 29.5 Å². The Bertz CT molecular complexity index is 1180. The van der Waals surface area contributed by atoms with E-state index in [9.17, 15) is 9.59 Å². The maximum atomic E-state index is 13.7. The lowest BCUT2D eigenvalue weighted by molar-refractivity contribution is -0.142. The van der Waals surface area contributed by atoms with Crippen LogP contribution in [-0.4, -0.2) is 43.0 Å². The second kappa shape index (κ2) is 14.6. The summed E-state index contributed by atoms with van der Waals surface area (Å²) in [6.07, 6.45) is 2.18. The van der Waals surface area contributed by atoms with Crippen molar-refractivity contribution in [3.8, 4) is 11.5 Å². The maximum Gasteiger partial charge on any atom is 0.261 e. The predicted molar refractivity (Wildman–Crippen MR) is 150 cm³/mol. The van der Waals surface area contributed by atoms with E-state index in [0.717, 1.165) is 28.4 Å². The summed E-state index contributed by atoms with van der Waals surface area (Å²) in [7, 11) is 1.59. The fourth-order valence-corrected chi connectivity index (χ4v) is 4.57. The molecule has 0 bridgehead atoms. The third-order valence-corrected chi connectivity index (χ3v) is 6.62. The number of nitrogens with one attached hydrogen (secondary N) is 1. The van der Waals surface area contributed by atoms with Crippen LogP contribution in [0.5, 0.6) is 11.5 Å². The van der Waals surface area contributed by atoms with Gasteiger partial charge in [0.15, 0.2) is 6.61 Å². The van der Waals surface area contributed by atoms with Crippen LogP contribution in [0.15, 0.2) is 77.3 Å². The van der Waals surface area contributed by atoms with Gasteiger partial charge in [0.25, 0.3) is 5.91 Å². The number of halogens is 2. The first-order valence-electron chi connectivity index (χ1n) is 12.2. The summed E-state index contributed by atoms with van der Waals surface area (Å²) in [4.78, 5) is 28.7. The first-order valence-corrected chi connectivity index (χ1v) is 13.4. The summed E-state index contributed by atoms with van der Waals surface area (Å²) in [6, 6.07) is 21.6. The average molecular weight is 588 g/mol. The van der Waals surface area contributed by atoms with Crippen LogP contribution >= 0.6 is 27.5 Å². The van der Waals surface area contributed by atoms with E-state index >= 15 is 0 Å². The Morgan fingerprint density at radius 3 is 2.49 bits per heavy atom. The van der Waals surface area contributed by atoms with E-state index < -0.39 is 6.04 Å². The second-order valence-corrected chi connectivity index (χ2v) is 9.91. The number of carbonyl (C=O) groups is 2. The zero-order valence-corrected chi connectivity index (χ0v) is 23.4. The van der Waals surface area contributed by atoms with Crippen LogP contribution < -0.4 is 14.8 Å². The minimum atomic E-state index is -0.734. The first-order chi connectivity index (χ1) is 17.9. The fourth-order valence-electron chi connectivity index (χ4n) is 3.84. The molecule has 1 atom stereocenters. The first kappa shape index (κ1) is 28.5. The molecule has 0 aliphatic carbocycles. The highest BCUT2D eigenvalue weighted by Crippen LogP contribution is 2.28. The zero-order chi connectivity index (χ0) is 26.6. The largest absolute Gasteiger partial charge is 0.497 e. The number of hydrogen-bond acceptors (Lipinski definition) is 4. The maximum absolute atomic E-state index is 13.7. The molecule has 0 aliphatic rings. The molecule has 3 rings (SSSR count). The van der Waals surface area contributed by atoms with Gasteiger partial charge in [0, 0.05) is 24.0 Å². The van der Waals surface area contributed by atoms with E-state index in [1.165, 1.54) is 0 Å². The van der Waals surface area contributed by atoms with Gasteiger partial charge in [-0.1, -0.05) is 83.3 Å². The van der Waals surface area contributed by atoms with Crippen LogP contribution in [0.4, 0.5) is 0 Å². The summed E-state index contributed by atoms with van der Waals surface area (Å²) >= 11 is 9.66. The predicted octanol–water partition coefficient (Wildman–Crippen LogP) is 6.05. The summed E-state index contributed by atoms with van der Waals surface area (Å²) in [6.45, 7) is 2.56. The highest BCUT2D eigenvalue weighted by atomic mass is 79.9. The smallest absolute Gasteiger partial charge is 0.261 e. The van der Waals surface area contributed by atoms with Gasteiger partial charge in [-0.3, -0.25) is 9.59 Å². The highest BCUT2D eigenvalue weighted by molar-refractivity contribution is 9.10. The number of methoxy groups -OCH3 is 1. The van der Waals surface area contributed by atoms with Gasteiger partial charge in [0.05, 0.1) is 12.1 Å². The van der Waals surface area contributed by atoms with Crippen LogP contribution in [0.1, 0.15) is 30.9 Å². The third-order valence-electron chi connectivity index (χ3n) is 5.83. The molecule has 0 aromatic heterocycles. The van der Waals surface area contributed by atoms with Crippen LogP contribution in [0.2, 0.25) is 5.02 Å². The van der Waals surface area contributed by atoms with E-state index in [1.807, 2.05) is 54.6 Å². The number of hydrogen-bond donors (Lipinski definition) is 1. The Balaban J connectivity index is 1.91. The van der Waals surface area contributed by atoms with Gasteiger partial charge >= 0.3 is 0 Å². The Hall–Kier alpha value is -3.03. The van der Waals surface area contributed by atoms with Crippen LogP contribution in [0.3, 0.4) is 0 Å². The van der Waals surface area contributed by atoms with Crippen molar-refractivity contribution in [2.24, 2.45) is 0 Å². The zero-order valence-electron chi connectivity index (χ0n) is 21.1. The van der Waals surface area contributed by atoms with Crippen LogP contribution in [-0.2, 0) is 22.6 Å². The summed E-state index contributed by atoms with van der Waals surface area (Å²) in [5.41, 5.74) is 1.80. The molecular weight excluding hydrogens is 556 g/mol. The number of nitrogens with zero attached hydrogens (tertiary/aromatic N) is 1. The molecule has 196 valence electrons. The molecule has 2 amide bonds. The lowest BCUT2D eigenvalue weighted by Crippen LogP contribution is -2.51. The quantitative estimate of drug-likeness (QED) is 0.247. The van der Waals surface area contributed by atoms with Gasteiger partial charge in [-0.15, -0.1) is 0 Å². The lowest BCUT2D eigenvalue weighted by atomic mass is 10.0. The number of unbranched alkanes of at least 4 members (excludes halogenated alkanes) is 1. The van der Waals surface area contributed by atoms with Gasteiger partial charge in [0.1, 0.15) is 17.5 Å². The molecule has 1 N–H and O–H groups in total. The van der Waals surface area contributed by atoms with Crippen molar-refractivity contribution in [3.63, 3.8) is 0 Å². The van der Waals surface area contributed by atoms with Crippen molar-refractivity contribution in [2.45, 2.75) is 38.8 Å². The molecule has 0 saturated heterocycles. The highest BCUT2D eigenvalue weighted by Gasteiger charge is 2.30. The Kier molecular flexibility index (Phi) is 11.3. The topological polar surface area (TPSA) is 67.9 Å². The molecule has 0 saturated carbocycles. The Morgan fingerprint density at radius 1 is 1.03 bits per heavy atom. The minimum absolute atomic E-state index is 0.199. The van der Waals surface area contributed by atoms with Crippen molar-refractivity contribution in [1.82, 2.24) is 10.2 Å². The Labute approximate surface area is 232 Å².